The number of carbonyl (C=O) groups excluding carboxylic acids is 1. The van der Waals surface area contributed by atoms with E-state index in [1.54, 1.807) is 0 Å². The van der Waals surface area contributed by atoms with Gasteiger partial charge in [-0.1, -0.05) is 96.8 Å². The lowest BCUT2D eigenvalue weighted by atomic mass is 10.0. The van der Waals surface area contributed by atoms with Gasteiger partial charge in [-0.3, -0.25) is 9.36 Å². The van der Waals surface area contributed by atoms with Crippen molar-refractivity contribution in [2.24, 2.45) is 0 Å². The number of anilines is 1. The molecule has 2 unspecified atom stereocenters. The summed E-state index contributed by atoms with van der Waals surface area (Å²) in [5.41, 5.74) is 5.61. The first-order valence-corrected chi connectivity index (χ1v) is 14.2. The Bertz CT molecular complexity index is 843. The molecule has 0 amide bonds. The van der Waals surface area contributed by atoms with Crippen LogP contribution >= 0.6 is 12.2 Å². The van der Waals surface area contributed by atoms with E-state index in [0.717, 1.165) is 12.8 Å². The van der Waals surface area contributed by atoms with Crippen LogP contribution < -0.4 is 5.73 Å². The molecule has 2 heterocycles. The van der Waals surface area contributed by atoms with E-state index in [9.17, 15) is 15.0 Å². The number of aromatic nitrogens is 2. The van der Waals surface area contributed by atoms with Crippen LogP contribution in [0.15, 0.2) is 12.3 Å². The highest BCUT2D eigenvalue weighted by atomic mass is 32.1. The van der Waals surface area contributed by atoms with Gasteiger partial charge >= 0.3 is 5.97 Å². The molecule has 206 valence electrons. The number of hydrogen-bond donors (Lipinski definition) is 3. The van der Waals surface area contributed by atoms with Crippen molar-refractivity contribution in [1.82, 2.24) is 9.55 Å². The maximum Gasteiger partial charge on any atom is 0.305 e. The second-order valence-corrected chi connectivity index (χ2v) is 10.2. The summed E-state index contributed by atoms with van der Waals surface area (Å²) in [5.74, 6) is -0.266. The molecule has 36 heavy (non-hydrogen) atoms. The molecule has 1 aliphatic heterocycles. The quantitative estimate of drug-likeness (QED) is 0.121. The molecule has 8 nitrogen and oxygen atoms in total. The van der Waals surface area contributed by atoms with E-state index in [1.165, 1.54) is 87.5 Å². The summed E-state index contributed by atoms with van der Waals surface area (Å²) < 4.78 is 20.6. The smallest absolute Gasteiger partial charge is 0.305 e. The molecule has 0 bridgehead atoms. The van der Waals surface area contributed by atoms with Crippen molar-refractivity contribution in [3.63, 3.8) is 0 Å². The summed E-state index contributed by atoms with van der Waals surface area (Å²) in [4.78, 5) is 16.1. The zero-order valence-corrected chi connectivity index (χ0v) is 22.7. The third-order valence-corrected chi connectivity index (χ3v) is 7.00. The summed E-state index contributed by atoms with van der Waals surface area (Å²) in [6.07, 6.45) is 13.9. The van der Waals surface area contributed by atoms with Gasteiger partial charge in [-0.05, 0) is 24.7 Å². The van der Waals surface area contributed by atoms with E-state index in [0.29, 0.717) is 6.42 Å². The summed E-state index contributed by atoms with van der Waals surface area (Å²) in [5, 5.41) is 20.7. The van der Waals surface area contributed by atoms with Gasteiger partial charge in [0.05, 0.1) is 0 Å². The molecule has 0 saturated carbocycles. The number of hydrogen-bond acceptors (Lipinski definition) is 8. The Morgan fingerprint density at radius 3 is 2.17 bits per heavy atom. The van der Waals surface area contributed by atoms with Crippen molar-refractivity contribution >= 4 is 24.0 Å². The maximum atomic E-state index is 12.2. The van der Waals surface area contributed by atoms with Crippen LogP contribution in [0.4, 0.5) is 5.82 Å². The number of ether oxygens (including phenoxy) is 2. The van der Waals surface area contributed by atoms with Gasteiger partial charge in [0.2, 0.25) is 4.77 Å². The van der Waals surface area contributed by atoms with Crippen molar-refractivity contribution < 1.29 is 25.9 Å². The predicted octanol–water partition coefficient (Wildman–Crippen LogP) is 5.62. The average Bonchev–Trinajstić information content (AvgIpc) is 3.14. The fourth-order valence-electron chi connectivity index (χ4n) is 4.48. The Morgan fingerprint density at radius 2 is 1.61 bits per heavy atom. The first-order chi connectivity index (χ1) is 17.8. The SMILES string of the molecule is [2H]C(CCCCCCCCCCCCCCC)CC(=O)OC[C@H]1OC(n2ccc(N)nc2=S)[C@@H](O)[C@@H]1O. The monoisotopic (exact) mass is 526 g/mol. The summed E-state index contributed by atoms with van der Waals surface area (Å²) in [6, 6.07) is 1.51. The summed E-state index contributed by atoms with van der Waals surface area (Å²) in [6.45, 7) is 2.04. The van der Waals surface area contributed by atoms with Crippen molar-refractivity contribution in [3.8, 4) is 0 Å². The first kappa shape index (κ1) is 29.0. The molecule has 0 radical (unpaired) electrons. The molecule has 0 aromatic carbocycles. The normalized spacial score (nSPS) is 22.9. The molecular formula is C27H47N3O5S. The number of nitrogen functional groups attached to an aromatic ring is 1. The molecule has 0 aliphatic carbocycles. The minimum Gasteiger partial charge on any atom is -0.463 e. The minimum absolute atomic E-state index is 0.00000624. The van der Waals surface area contributed by atoms with Gasteiger partial charge < -0.3 is 25.4 Å². The van der Waals surface area contributed by atoms with Gasteiger partial charge in [0, 0.05) is 14.0 Å². The van der Waals surface area contributed by atoms with Crippen LogP contribution in [-0.2, 0) is 14.3 Å². The molecule has 1 aliphatic rings. The standard InChI is InChI=1S/C27H47N3O5S/c1-2-3-4-5-6-7-8-9-10-11-12-13-14-15-16-17-23(31)34-20-21-24(32)25(33)26(35-21)30-19-18-22(28)29-27(30)36/h18-19,21,24-26,32-33H,2-17,20H2,1H3,(H2,28,29,36)/t21-,24-,25+,26?/m1/s1/i16D/t16?,21-,24-,25+,26?. The Hall–Kier alpha value is -1.55. The highest BCUT2D eigenvalue weighted by molar-refractivity contribution is 7.71. The minimum atomic E-state index is -1.26. The van der Waals surface area contributed by atoms with Gasteiger partial charge in [-0.25, -0.2) is 4.98 Å². The summed E-state index contributed by atoms with van der Waals surface area (Å²) >= 11 is 5.15. The molecule has 5 atom stereocenters. The van der Waals surface area contributed by atoms with Crippen molar-refractivity contribution in [2.45, 2.75) is 134 Å². The molecule has 1 saturated heterocycles. The molecule has 4 N–H and O–H groups in total. The van der Waals surface area contributed by atoms with Crippen LogP contribution in [-0.4, -0.2) is 50.7 Å². The number of unbranched alkanes of at least 4 members (excludes halogenated alkanes) is 12. The van der Waals surface area contributed by atoms with Gasteiger partial charge in [0.25, 0.3) is 0 Å². The highest BCUT2D eigenvalue weighted by Gasteiger charge is 2.44. The van der Waals surface area contributed by atoms with Gasteiger partial charge in [-0.2, -0.15) is 0 Å². The lowest BCUT2D eigenvalue weighted by Crippen LogP contribution is -2.34. The van der Waals surface area contributed by atoms with Gasteiger partial charge in [0.15, 0.2) is 6.23 Å². The number of carbonyl (C=O) groups is 1. The lowest BCUT2D eigenvalue weighted by Gasteiger charge is -2.18. The molecular weight excluding hydrogens is 478 g/mol. The number of aliphatic hydroxyl groups is 2. The Labute approximate surface area is 223 Å². The van der Waals surface area contributed by atoms with Crippen LogP contribution in [0.5, 0.6) is 0 Å². The van der Waals surface area contributed by atoms with Crippen LogP contribution in [0.3, 0.4) is 0 Å². The van der Waals surface area contributed by atoms with E-state index >= 15 is 0 Å². The van der Waals surface area contributed by atoms with Gasteiger partial charge in [0.1, 0.15) is 30.7 Å². The molecule has 1 fully saturated rings. The molecule has 0 spiro atoms. The van der Waals surface area contributed by atoms with Crippen molar-refractivity contribution in [1.29, 1.82) is 0 Å². The lowest BCUT2D eigenvalue weighted by molar-refractivity contribution is -0.150. The number of nitrogens with zero attached hydrogens (tertiary/aromatic N) is 2. The Balaban J connectivity index is 1.52. The fraction of sp³-hybridized carbons (Fsp3) is 0.815. The highest BCUT2D eigenvalue weighted by Crippen LogP contribution is 2.30. The van der Waals surface area contributed by atoms with Crippen LogP contribution in [0.2, 0.25) is 0 Å². The second kappa shape index (κ2) is 17.8. The van der Waals surface area contributed by atoms with Gasteiger partial charge in [-0.15, -0.1) is 0 Å². The average molecular weight is 527 g/mol. The zero-order valence-electron chi connectivity index (χ0n) is 22.9. The number of aliphatic hydroxyl groups excluding tert-OH is 2. The first-order valence-electron chi connectivity index (χ1n) is 14.3. The van der Waals surface area contributed by atoms with E-state index in [1.807, 2.05) is 0 Å². The Kier molecular flexibility index (Phi) is 14.4. The van der Waals surface area contributed by atoms with Crippen molar-refractivity contribution in [3.05, 3.63) is 17.0 Å². The topological polar surface area (TPSA) is 120 Å². The molecule has 1 aromatic heterocycles. The third-order valence-electron chi connectivity index (χ3n) is 6.69. The number of rotatable bonds is 19. The molecule has 1 aromatic rings. The third kappa shape index (κ3) is 11.2. The van der Waals surface area contributed by atoms with E-state index in [-0.39, 0.29) is 23.6 Å². The summed E-state index contributed by atoms with van der Waals surface area (Å²) in [7, 11) is 0. The molecule has 2 rings (SSSR count). The largest absolute Gasteiger partial charge is 0.463 e. The zero-order chi connectivity index (χ0) is 27.0. The Morgan fingerprint density at radius 1 is 1.06 bits per heavy atom. The van der Waals surface area contributed by atoms with Crippen molar-refractivity contribution in [2.75, 3.05) is 12.3 Å². The predicted molar refractivity (Wildman–Crippen MR) is 144 cm³/mol. The van der Waals surface area contributed by atoms with E-state index in [4.69, 9.17) is 28.8 Å². The van der Waals surface area contributed by atoms with Crippen LogP contribution in [0.25, 0.3) is 0 Å². The van der Waals surface area contributed by atoms with Crippen LogP contribution in [0, 0.1) is 4.77 Å². The van der Waals surface area contributed by atoms with E-state index < -0.39 is 36.9 Å². The maximum absolute atomic E-state index is 12.2. The van der Waals surface area contributed by atoms with E-state index in [2.05, 4.69) is 11.9 Å². The number of esters is 1. The fourth-order valence-corrected chi connectivity index (χ4v) is 4.75. The number of nitrogens with two attached hydrogens (primary N) is 1. The molecule has 9 heteroatoms. The van der Waals surface area contributed by atoms with Crippen LogP contribution in [0.1, 0.15) is 117 Å². The second-order valence-electron chi connectivity index (χ2n) is 9.80.